The summed E-state index contributed by atoms with van der Waals surface area (Å²) >= 11 is 9.25. The second-order valence-corrected chi connectivity index (χ2v) is 5.45. The van der Waals surface area contributed by atoms with Gasteiger partial charge in [-0.05, 0) is 18.2 Å². The Morgan fingerprint density at radius 2 is 2.42 bits per heavy atom. The van der Waals surface area contributed by atoms with Gasteiger partial charge in [-0.25, -0.2) is 0 Å². The predicted octanol–water partition coefficient (Wildman–Crippen LogP) is 2.54. The van der Waals surface area contributed by atoms with Crippen LogP contribution in [-0.4, -0.2) is 49.6 Å². The van der Waals surface area contributed by atoms with Gasteiger partial charge < -0.3 is 14.4 Å². The highest BCUT2D eigenvalue weighted by molar-refractivity contribution is 9.10. The van der Waals surface area contributed by atoms with Gasteiger partial charge in [-0.15, -0.1) is 11.6 Å². The van der Waals surface area contributed by atoms with Crippen LogP contribution in [0.15, 0.2) is 22.7 Å². The highest BCUT2D eigenvalue weighted by atomic mass is 79.9. The summed E-state index contributed by atoms with van der Waals surface area (Å²) in [5.41, 5.74) is 0.544. The summed E-state index contributed by atoms with van der Waals surface area (Å²) in [5, 5.41) is 0. The van der Waals surface area contributed by atoms with Crippen LogP contribution < -0.4 is 4.74 Å². The van der Waals surface area contributed by atoms with E-state index in [2.05, 4.69) is 15.9 Å². The van der Waals surface area contributed by atoms with Crippen LogP contribution in [0.2, 0.25) is 0 Å². The molecule has 1 heterocycles. The molecule has 1 aliphatic rings. The van der Waals surface area contributed by atoms with E-state index in [1.165, 1.54) is 0 Å². The summed E-state index contributed by atoms with van der Waals surface area (Å²) in [6, 6.07) is 5.28. The molecule has 4 nitrogen and oxygen atoms in total. The van der Waals surface area contributed by atoms with Gasteiger partial charge in [-0.2, -0.15) is 0 Å². The molecule has 0 radical (unpaired) electrons. The molecule has 2 rings (SSSR count). The van der Waals surface area contributed by atoms with Crippen LogP contribution in [0.3, 0.4) is 0 Å². The molecule has 1 amide bonds. The SMILES string of the molecule is COc1cc(Br)ccc1C(=O)N1CCOCC1CCl. The number of hydrogen-bond acceptors (Lipinski definition) is 3. The zero-order valence-electron chi connectivity index (χ0n) is 10.6. The van der Waals surface area contributed by atoms with Gasteiger partial charge in [-0.3, -0.25) is 4.79 Å². The lowest BCUT2D eigenvalue weighted by Gasteiger charge is -2.34. The number of halogens is 2. The van der Waals surface area contributed by atoms with E-state index >= 15 is 0 Å². The molecule has 1 unspecified atom stereocenters. The molecule has 0 spiro atoms. The number of methoxy groups -OCH3 is 1. The third-order valence-corrected chi connectivity index (χ3v) is 3.91. The Labute approximate surface area is 125 Å². The minimum atomic E-state index is -0.0868. The van der Waals surface area contributed by atoms with E-state index in [1.807, 2.05) is 6.07 Å². The summed E-state index contributed by atoms with van der Waals surface area (Å²) < 4.78 is 11.5. The zero-order valence-corrected chi connectivity index (χ0v) is 12.9. The van der Waals surface area contributed by atoms with E-state index in [0.29, 0.717) is 37.0 Å². The van der Waals surface area contributed by atoms with Gasteiger partial charge in [0.05, 0.1) is 31.9 Å². The van der Waals surface area contributed by atoms with Crippen LogP contribution >= 0.6 is 27.5 Å². The first-order valence-corrected chi connectivity index (χ1v) is 7.28. The Balaban J connectivity index is 2.27. The van der Waals surface area contributed by atoms with Gasteiger partial charge in [0.1, 0.15) is 5.75 Å². The van der Waals surface area contributed by atoms with Gasteiger partial charge >= 0.3 is 0 Å². The predicted molar refractivity (Wildman–Crippen MR) is 77.1 cm³/mol. The molecule has 1 aromatic carbocycles. The Morgan fingerprint density at radius 3 is 3.11 bits per heavy atom. The number of benzene rings is 1. The monoisotopic (exact) mass is 347 g/mol. The van der Waals surface area contributed by atoms with E-state index < -0.39 is 0 Å². The molecule has 1 atom stereocenters. The minimum Gasteiger partial charge on any atom is -0.496 e. The Bertz CT molecular complexity index is 469. The van der Waals surface area contributed by atoms with E-state index in [-0.39, 0.29) is 11.9 Å². The smallest absolute Gasteiger partial charge is 0.258 e. The second-order valence-electron chi connectivity index (χ2n) is 4.23. The van der Waals surface area contributed by atoms with Crippen LogP contribution in [0.4, 0.5) is 0 Å². The average Bonchev–Trinajstić information content (AvgIpc) is 2.46. The van der Waals surface area contributed by atoms with Crippen LogP contribution in [0.5, 0.6) is 5.75 Å². The maximum absolute atomic E-state index is 12.6. The van der Waals surface area contributed by atoms with E-state index in [0.717, 1.165) is 4.47 Å². The molecule has 0 saturated carbocycles. The molecule has 0 aliphatic carbocycles. The van der Waals surface area contributed by atoms with Gasteiger partial charge in [0.15, 0.2) is 0 Å². The van der Waals surface area contributed by atoms with Gasteiger partial charge in [0, 0.05) is 16.9 Å². The highest BCUT2D eigenvalue weighted by Gasteiger charge is 2.29. The zero-order chi connectivity index (χ0) is 13.8. The summed E-state index contributed by atoms with van der Waals surface area (Å²) in [6.07, 6.45) is 0. The van der Waals surface area contributed by atoms with Crippen molar-refractivity contribution in [3.05, 3.63) is 28.2 Å². The molecule has 0 bridgehead atoms. The molecule has 19 heavy (non-hydrogen) atoms. The topological polar surface area (TPSA) is 38.8 Å². The number of alkyl halides is 1. The number of morpholine rings is 1. The van der Waals surface area contributed by atoms with E-state index in [4.69, 9.17) is 21.1 Å². The number of hydrogen-bond donors (Lipinski definition) is 0. The van der Waals surface area contributed by atoms with Gasteiger partial charge in [-0.1, -0.05) is 15.9 Å². The number of amides is 1. The molecule has 6 heteroatoms. The fourth-order valence-electron chi connectivity index (χ4n) is 2.05. The minimum absolute atomic E-state index is 0.0710. The molecule has 0 N–H and O–H groups in total. The van der Waals surface area contributed by atoms with Crippen LogP contribution in [0.25, 0.3) is 0 Å². The van der Waals surface area contributed by atoms with Crippen molar-refractivity contribution in [3.63, 3.8) is 0 Å². The fourth-order valence-corrected chi connectivity index (χ4v) is 2.64. The maximum Gasteiger partial charge on any atom is 0.258 e. The van der Waals surface area contributed by atoms with E-state index in [9.17, 15) is 4.79 Å². The molecule has 1 saturated heterocycles. The number of carbonyl (C=O) groups excluding carboxylic acids is 1. The van der Waals surface area contributed by atoms with Gasteiger partial charge in [0.2, 0.25) is 0 Å². The van der Waals surface area contributed by atoms with Crippen molar-refractivity contribution < 1.29 is 14.3 Å². The molecule has 1 aliphatic heterocycles. The largest absolute Gasteiger partial charge is 0.496 e. The Morgan fingerprint density at radius 1 is 1.63 bits per heavy atom. The molecular formula is C13H15BrClNO3. The van der Waals surface area contributed by atoms with Crippen molar-refractivity contribution >= 4 is 33.4 Å². The van der Waals surface area contributed by atoms with E-state index in [1.54, 1.807) is 24.1 Å². The van der Waals surface area contributed by atoms with Crippen molar-refractivity contribution in [2.45, 2.75) is 6.04 Å². The van der Waals surface area contributed by atoms with Crippen molar-refractivity contribution in [1.29, 1.82) is 0 Å². The molecule has 1 aromatic rings. The summed E-state index contributed by atoms with van der Waals surface area (Å²) in [5.74, 6) is 0.849. The number of nitrogens with zero attached hydrogens (tertiary/aromatic N) is 1. The molecule has 104 valence electrons. The van der Waals surface area contributed by atoms with Crippen molar-refractivity contribution in [3.8, 4) is 5.75 Å². The number of rotatable bonds is 3. The number of carbonyl (C=O) groups is 1. The Kier molecular flexibility index (Phi) is 5.07. The number of ether oxygens (including phenoxy) is 2. The first kappa shape index (κ1) is 14.6. The molecule has 0 aromatic heterocycles. The highest BCUT2D eigenvalue weighted by Crippen LogP contribution is 2.26. The molecule has 1 fully saturated rings. The van der Waals surface area contributed by atoms with Crippen LogP contribution in [0, 0.1) is 0 Å². The summed E-state index contributed by atoms with van der Waals surface area (Å²) in [6.45, 7) is 1.57. The summed E-state index contributed by atoms with van der Waals surface area (Å²) in [7, 11) is 1.55. The van der Waals surface area contributed by atoms with Crippen molar-refractivity contribution in [2.75, 3.05) is 32.7 Å². The first-order valence-electron chi connectivity index (χ1n) is 5.95. The van der Waals surface area contributed by atoms with Crippen LogP contribution in [-0.2, 0) is 4.74 Å². The summed E-state index contributed by atoms with van der Waals surface area (Å²) in [4.78, 5) is 14.3. The third kappa shape index (κ3) is 3.22. The average molecular weight is 349 g/mol. The second kappa shape index (κ2) is 6.59. The fraction of sp³-hybridized carbons (Fsp3) is 0.462. The van der Waals surface area contributed by atoms with Crippen molar-refractivity contribution in [2.24, 2.45) is 0 Å². The maximum atomic E-state index is 12.6. The molecular weight excluding hydrogens is 334 g/mol. The lowest BCUT2D eigenvalue weighted by molar-refractivity contribution is 0.00440. The first-order chi connectivity index (χ1) is 9.17. The van der Waals surface area contributed by atoms with Crippen LogP contribution in [0.1, 0.15) is 10.4 Å². The lowest BCUT2D eigenvalue weighted by atomic mass is 10.1. The normalized spacial score (nSPS) is 19.3. The van der Waals surface area contributed by atoms with Crippen molar-refractivity contribution in [1.82, 2.24) is 4.90 Å². The standard InChI is InChI=1S/C13H15BrClNO3/c1-18-12-6-9(14)2-3-11(12)13(17)16-4-5-19-8-10(16)7-15/h2-3,6,10H,4-5,7-8H2,1H3. The third-order valence-electron chi connectivity index (χ3n) is 3.06. The lowest BCUT2D eigenvalue weighted by Crippen LogP contribution is -2.49. The Hall–Kier alpha value is -0.780. The van der Waals surface area contributed by atoms with Gasteiger partial charge in [0.25, 0.3) is 5.91 Å². The quantitative estimate of drug-likeness (QED) is 0.788.